The number of hydrogen-bond acceptors (Lipinski definition) is 8. The van der Waals surface area contributed by atoms with Gasteiger partial charge in [-0.15, -0.1) is 0 Å². The van der Waals surface area contributed by atoms with E-state index in [0.29, 0.717) is 29.9 Å². The zero-order valence-electron chi connectivity index (χ0n) is 13.7. The number of aliphatic hydroxyl groups excluding tert-OH is 1. The number of nitrogen functional groups attached to an aromatic ring is 1. The van der Waals surface area contributed by atoms with Crippen LogP contribution in [0.4, 0.5) is 5.82 Å². The third-order valence-corrected chi connectivity index (χ3v) is 4.98. The third-order valence-electron chi connectivity index (χ3n) is 3.20. The largest absolute Gasteiger partial charge is 0.389 e. The maximum Gasteiger partial charge on any atom is 0.353 e. The van der Waals surface area contributed by atoms with Gasteiger partial charge in [0.1, 0.15) is 11.8 Å². The van der Waals surface area contributed by atoms with E-state index in [1.54, 1.807) is 24.7 Å². The molecule has 0 aliphatic rings. The molecule has 0 saturated heterocycles. The smallest absolute Gasteiger partial charge is 0.353 e. The molecule has 2 aromatic rings. The Morgan fingerprint density at radius 2 is 2.04 bits per heavy atom. The molecule has 0 aliphatic heterocycles. The molecular weight excluding hydrogens is 333 g/mol. The summed E-state index contributed by atoms with van der Waals surface area (Å²) < 4.78 is 24.3. The minimum absolute atomic E-state index is 0.264. The second-order valence-corrected chi connectivity index (χ2v) is 6.84. The van der Waals surface area contributed by atoms with Crippen molar-refractivity contribution in [2.24, 2.45) is 0 Å². The van der Waals surface area contributed by atoms with E-state index in [9.17, 15) is 9.67 Å². The Morgan fingerprint density at radius 1 is 1.33 bits per heavy atom. The summed E-state index contributed by atoms with van der Waals surface area (Å²) in [5, 5.41) is 10.1. The molecule has 10 heteroatoms. The minimum Gasteiger partial charge on any atom is -0.389 e. The summed E-state index contributed by atoms with van der Waals surface area (Å²) in [6.45, 7) is 4.45. The van der Waals surface area contributed by atoms with Gasteiger partial charge in [-0.25, -0.2) is 15.0 Å². The molecule has 2 rings (SSSR count). The van der Waals surface area contributed by atoms with Crippen LogP contribution in [0.15, 0.2) is 24.5 Å². The van der Waals surface area contributed by atoms with Crippen molar-refractivity contribution in [1.82, 2.24) is 19.5 Å². The van der Waals surface area contributed by atoms with Crippen LogP contribution in [-0.2, 0) is 20.2 Å². The number of anilines is 1. The van der Waals surface area contributed by atoms with E-state index >= 15 is 0 Å². The Kier molecular flexibility index (Phi) is 6.44. The lowest BCUT2D eigenvalue weighted by Crippen LogP contribution is -2.08. The molecule has 2 aromatic heterocycles. The Balaban J connectivity index is 1.99. The van der Waals surface area contributed by atoms with E-state index < -0.39 is 13.7 Å². The van der Waals surface area contributed by atoms with Crippen LogP contribution in [0.3, 0.4) is 0 Å². The lowest BCUT2D eigenvalue weighted by Gasteiger charge is -2.13. The van der Waals surface area contributed by atoms with Gasteiger partial charge in [0.25, 0.3) is 0 Å². The molecule has 0 amide bonds. The van der Waals surface area contributed by atoms with Gasteiger partial charge in [0.2, 0.25) is 0 Å². The molecule has 0 radical (unpaired) electrons. The second kappa shape index (κ2) is 8.34. The van der Waals surface area contributed by atoms with Crippen LogP contribution in [0.2, 0.25) is 0 Å². The highest BCUT2D eigenvalue weighted by molar-refractivity contribution is 7.57. The van der Waals surface area contributed by atoms with Crippen LogP contribution in [0.25, 0.3) is 11.2 Å². The zero-order valence-corrected chi connectivity index (χ0v) is 14.6. The van der Waals surface area contributed by atoms with Gasteiger partial charge < -0.3 is 24.5 Å². The van der Waals surface area contributed by atoms with Gasteiger partial charge >= 0.3 is 7.60 Å². The maximum absolute atomic E-state index is 12.3. The maximum atomic E-state index is 12.3. The third kappa shape index (κ3) is 4.61. The molecule has 1 unspecified atom stereocenters. The summed E-state index contributed by atoms with van der Waals surface area (Å²) in [6, 6.07) is 0. The van der Waals surface area contributed by atoms with E-state index in [1.807, 2.05) is 0 Å². The van der Waals surface area contributed by atoms with Gasteiger partial charge in [0, 0.05) is 12.4 Å². The van der Waals surface area contributed by atoms with E-state index in [1.165, 1.54) is 18.2 Å². The van der Waals surface area contributed by atoms with Gasteiger partial charge in [0.15, 0.2) is 11.5 Å². The van der Waals surface area contributed by atoms with Crippen LogP contribution in [0.1, 0.15) is 20.3 Å². The summed E-state index contributed by atoms with van der Waals surface area (Å²) in [4.78, 5) is 12.2. The molecule has 24 heavy (non-hydrogen) atoms. The first-order valence-corrected chi connectivity index (χ1v) is 9.27. The van der Waals surface area contributed by atoms with Crippen LogP contribution in [0, 0.1) is 0 Å². The monoisotopic (exact) mass is 355 g/mol. The van der Waals surface area contributed by atoms with E-state index in [0.717, 1.165) is 0 Å². The first-order chi connectivity index (χ1) is 11.5. The number of aromatic nitrogens is 4. The van der Waals surface area contributed by atoms with Crippen molar-refractivity contribution in [2.45, 2.75) is 32.9 Å². The van der Waals surface area contributed by atoms with Crippen molar-refractivity contribution in [3.63, 3.8) is 0 Å². The molecule has 1 atom stereocenters. The highest BCUT2D eigenvalue weighted by Crippen LogP contribution is 2.49. The Bertz CT molecular complexity index is 738. The Morgan fingerprint density at radius 3 is 2.71 bits per heavy atom. The molecule has 132 valence electrons. The number of fused-ring (bicyclic) bond motifs is 1. The van der Waals surface area contributed by atoms with Crippen molar-refractivity contribution in [1.29, 1.82) is 0 Å². The highest BCUT2D eigenvalue weighted by Gasteiger charge is 2.19. The van der Waals surface area contributed by atoms with Crippen LogP contribution in [0.5, 0.6) is 0 Å². The highest BCUT2D eigenvalue weighted by atomic mass is 31.2. The van der Waals surface area contributed by atoms with Crippen LogP contribution in [-0.4, -0.2) is 43.9 Å². The SMILES string of the molecule is CCOP(=O)(C=CC(O)CCn1cnc2c(N)ncnc21)OCC. The zero-order chi connectivity index (χ0) is 17.6. The summed E-state index contributed by atoms with van der Waals surface area (Å²) in [6.07, 6.45) is 3.96. The number of nitrogens with zero attached hydrogens (tertiary/aromatic N) is 4. The second-order valence-electron chi connectivity index (χ2n) is 4.94. The number of hydrogen-bond donors (Lipinski definition) is 2. The molecule has 9 nitrogen and oxygen atoms in total. The fourth-order valence-electron chi connectivity index (χ4n) is 2.12. The number of aryl methyl sites for hydroxylation is 1. The quantitative estimate of drug-likeness (QED) is 0.654. The molecule has 0 spiro atoms. The molecule has 0 bridgehead atoms. The first-order valence-electron chi connectivity index (χ1n) is 7.66. The first kappa shape index (κ1) is 18.5. The topological polar surface area (TPSA) is 125 Å². The van der Waals surface area contributed by atoms with Crippen LogP contribution >= 0.6 is 7.60 Å². The molecule has 0 fully saturated rings. The predicted molar refractivity (Wildman–Crippen MR) is 90.4 cm³/mol. The Hall–Kier alpha value is -1.80. The molecule has 3 N–H and O–H groups in total. The molecule has 0 aliphatic carbocycles. The van der Waals surface area contributed by atoms with Gasteiger partial charge in [0.05, 0.1) is 25.6 Å². The normalized spacial score (nSPS) is 13.8. The summed E-state index contributed by atoms with van der Waals surface area (Å²) in [5.41, 5.74) is 6.86. The number of rotatable bonds is 9. The van der Waals surface area contributed by atoms with Gasteiger partial charge in [-0.3, -0.25) is 4.57 Å². The molecular formula is C14H22N5O4P. The van der Waals surface area contributed by atoms with E-state index in [4.69, 9.17) is 14.8 Å². The molecule has 2 heterocycles. The van der Waals surface area contributed by atoms with Crippen molar-refractivity contribution in [2.75, 3.05) is 18.9 Å². The fourth-order valence-corrected chi connectivity index (χ4v) is 3.49. The lowest BCUT2D eigenvalue weighted by atomic mass is 10.2. The average Bonchev–Trinajstić information content (AvgIpc) is 2.96. The molecule has 0 saturated carbocycles. The number of aliphatic hydroxyl groups is 1. The Labute approximate surface area is 140 Å². The predicted octanol–water partition coefficient (Wildman–Crippen LogP) is 1.94. The molecule has 0 aromatic carbocycles. The minimum atomic E-state index is -3.30. The van der Waals surface area contributed by atoms with Crippen molar-refractivity contribution in [3.05, 3.63) is 24.5 Å². The fraction of sp³-hybridized carbons (Fsp3) is 0.500. The average molecular weight is 355 g/mol. The number of imidazole rings is 1. The summed E-state index contributed by atoms with van der Waals surface area (Å²) >= 11 is 0. The van der Waals surface area contributed by atoms with Gasteiger partial charge in [-0.1, -0.05) is 0 Å². The van der Waals surface area contributed by atoms with Crippen molar-refractivity contribution >= 4 is 24.6 Å². The van der Waals surface area contributed by atoms with Gasteiger partial charge in [-0.05, 0) is 26.3 Å². The lowest BCUT2D eigenvalue weighted by molar-refractivity contribution is 0.204. The standard InChI is InChI=1S/C14H22N5O4P/c1-3-22-24(21,23-4-2)8-6-11(20)5-7-19-10-18-12-13(15)16-9-17-14(12)19/h6,8-11,20H,3-5,7H2,1-2H3,(H2,15,16,17). The van der Waals surface area contributed by atoms with Crippen molar-refractivity contribution < 1.29 is 18.7 Å². The van der Waals surface area contributed by atoms with E-state index in [-0.39, 0.29) is 13.2 Å². The van der Waals surface area contributed by atoms with Crippen LogP contribution < -0.4 is 5.73 Å². The van der Waals surface area contributed by atoms with Gasteiger partial charge in [-0.2, -0.15) is 0 Å². The van der Waals surface area contributed by atoms with Crippen molar-refractivity contribution in [3.8, 4) is 0 Å². The summed E-state index contributed by atoms with van der Waals surface area (Å²) in [7, 11) is -3.30. The summed E-state index contributed by atoms with van der Waals surface area (Å²) in [5.74, 6) is 1.62. The number of nitrogens with two attached hydrogens (primary N) is 1. The van der Waals surface area contributed by atoms with E-state index in [2.05, 4.69) is 15.0 Å².